The number of carbonyl (C=O) groups is 2. The number of unbranched alkanes of at least 4 members (excludes halogenated alkanes) is 3. The van der Waals surface area contributed by atoms with Crippen molar-refractivity contribution < 1.29 is 23.1 Å². The van der Waals surface area contributed by atoms with Crippen LogP contribution < -0.4 is 10.1 Å². The van der Waals surface area contributed by atoms with Crippen LogP contribution >= 0.6 is 0 Å². The first-order valence-corrected chi connectivity index (χ1v) is 12.7. The van der Waals surface area contributed by atoms with Crippen LogP contribution in [-0.4, -0.2) is 21.9 Å². The molecule has 0 aliphatic rings. The SMILES string of the molecule is O=C(CCCCCCc1ccccc1)C(=O)NCc1nnc(-c2ccc(OCc3ccccc3F)cc2)o1. The molecule has 8 heteroatoms. The largest absolute Gasteiger partial charge is 0.489 e. The van der Waals surface area contributed by atoms with Gasteiger partial charge in [-0.2, -0.15) is 0 Å². The molecule has 1 N–H and O–H groups in total. The number of hydrogen-bond acceptors (Lipinski definition) is 6. The molecule has 196 valence electrons. The molecule has 0 bridgehead atoms. The molecule has 0 saturated heterocycles. The predicted molar refractivity (Wildman–Crippen MR) is 141 cm³/mol. The summed E-state index contributed by atoms with van der Waals surface area (Å²) in [4.78, 5) is 24.3. The Morgan fingerprint density at radius 3 is 2.37 bits per heavy atom. The number of carbonyl (C=O) groups excluding carboxylic acids is 2. The van der Waals surface area contributed by atoms with E-state index in [1.165, 1.54) is 11.6 Å². The number of halogens is 1. The zero-order valence-electron chi connectivity index (χ0n) is 21.1. The molecule has 4 rings (SSSR count). The lowest BCUT2D eigenvalue weighted by atomic mass is 10.0. The van der Waals surface area contributed by atoms with Crippen molar-refractivity contribution >= 4 is 11.7 Å². The van der Waals surface area contributed by atoms with Crippen LogP contribution in [-0.2, 0) is 29.2 Å². The lowest BCUT2D eigenvalue weighted by Gasteiger charge is -2.07. The minimum Gasteiger partial charge on any atom is -0.489 e. The maximum absolute atomic E-state index is 13.7. The van der Waals surface area contributed by atoms with Crippen molar-refractivity contribution in [2.24, 2.45) is 0 Å². The summed E-state index contributed by atoms with van der Waals surface area (Å²) in [6, 6.07) is 23.7. The van der Waals surface area contributed by atoms with Gasteiger partial charge in [0.25, 0.3) is 5.91 Å². The van der Waals surface area contributed by atoms with Gasteiger partial charge < -0.3 is 14.5 Å². The Morgan fingerprint density at radius 1 is 0.842 bits per heavy atom. The lowest BCUT2D eigenvalue weighted by molar-refractivity contribution is -0.138. The molecule has 3 aromatic carbocycles. The molecule has 38 heavy (non-hydrogen) atoms. The van der Waals surface area contributed by atoms with Crippen LogP contribution in [0.1, 0.15) is 49.1 Å². The van der Waals surface area contributed by atoms with Gasteiger partial charge in [0.2, 0.25) is 17.6 Å². The van der Waals surface area contributed by atoms with Crippen molar-refractivity contribution in [3.05, 3.63) is 102 Å². The second-order valence-corrected chi connectivity index (χ2v) is 8.91. The Hall–Kier alpha value is -4.33. The summed E-state index contributed by atoms with van der Waals surface area (Å²) in [5.74, 6) is -0.368. The summed E-state index contributed by atoms with van der Waals surface area (Å²) in [5.41, 5.74) is 2.45. The Bertz CT molecular complexity index is 1320. The Balaban J connectivity index is 1.14. The highest BCUT2D eigenvalue weighted by molar-refractivity contribution is 6.36. The van der Waals surface area contributed by atoms with Crippen molar-refractivity contribution in [3.8, 4) is 17.2 Å². The quantitative estimate of drug-likeness (QED) is 0.168. The molecule has 0 unspecified atom stereocenters. The molecule has 0 radical (unpaired) electrons. The zero-order chi connectivity index (χ0) is 26.6. The Labute approximate surface area is 221 Å². The predicted octanol–water partition coefficient (Wildman–Crippen LogP) is 5.83. The number of benzene rings is 3. The van der Waals surface area contributed by atoms with E-state index in [9.17, 15) is 14.0 Å². The highest BCUT2D eigenvalue weighted by Crippen LogP contribution is 2.22. The number of aryl methyl sites for hydroxylation is 1. The average Bonchev–Trinajstić information content (AvgIpc) is 3.43. The van der Waals surface area contributed by atoms with Gasteiger partial charge in [-0.25, -0.2) is 4.39 Å². The van der Waals surface area contributed by atoms with Crippen molar-refractivity contribution in [2.45, 2.75) is 51.7 Å². The minimum atomic E-state index is -0.648. The van der Waals surface area contributed by atoms with Crippen LogP contribution in [0, 0.1) is 5.82 Å². The minimum absolute atomic E-state index is 0.0293. The maximum atomic E-state index is 13.7. The molecule has 1 aromatic heterocycles. The van der Waals surface area contributed by atoms with Gasteiger partial charge in [0.15, 0.2) is 0 Å². The fourth-order valence-corrected chi connectivity index (χ4v) is 3.89. The molecule has 0 spiro atoms. The molecule has 0 aliphatic carbocycles. The molecule has 4 aromatic rings. The van der Waals surface area contributed by atoms with E-state index in [2.05, 4.69) is 27.6 Å². The second kappa shape index (κ2) is 13.8. The number of rotatable bonds is 14. The van der Waals surface area contributed by atoms with Crippen molar-refractivity contribution in [1.82, 2.24) is 15.5 Å². The highest BCUT2D eigenvalue weighted by Gasteiger charge is 2.15. The monoisotopic (exact) mass is 515 g/mol. The third-order valence-corrected chi connectivity index (χ3v) is 6.04. The average molecular weight is 516 g/mol. The molecule has 7 nitrogen and oxygen atoms in total. The van der Waals surface area contributed by atoms with Gasteiger partial charge in [-0.15, -0.1) is 10.2 Å². The van der Waals surface area contributed by atoms with E-state index in [1.807, 2.05) is 18.2 Å². The number of nitrogens with zero attached hydrogens (tertiary/aromatic N) is 2. The van der Waals surface area contributed by atoms with Crippen LogP contribution in [0.2, 0.25) is 0 Å². The number of ketones is 1. The first-order valence-electron chi connectivity index (χ1n) is 12.7. The number of nitrogens with one attached hydrogen (secondary N) is 1. The summed E-state index contributed by atoms with van der Waals surface area (Å²) >= 11 is 0. The summed E-state index contributed by atoms with van der Waals surface area (Å²) in [7, 11) is 0. The molecule has 0 fully saturated rings. The molecule has 0 atom stereocenters. The Morgan fingerprint density at radius 2 is 1.58 bits per heavy atom. The summed E-state index contributed by atoms with van der Waals surface area (Å²) in [6.45, 7) is 0.0852. The molecule has 1 heterocycles. The van der Waals surface area contributed by atoms with Crippen molar-refractivity contribution in [3.63, 3.8) is 0 Å². The topological polar surface area (TPSA) is 94.3 Å². The summed E-state index contributed by atoms with van der Waals surface area (Å²) < 4.78 is 25.0. The molecule has 0 aliphatic heterocycles. The number of amides is 1. The lowest BCUT2D eigenvalue weighted by Crippen LogP contribution is -2.30. The van der Waals surface area contributed by atoms with E-state index in [-0.39, 0.29) is 37.2 Å². The van der Waals surface area contributed by atoms with E-state index in [1.54, 1.807) is 42.5 Å². The molecular formula is C30H30FN3O4. The maximum Gasteiger partial charge on any atom is 0.287 e. The Kier molecular flexibility index (Phi) is 9.73. The van der Waals surface area contributed by atoms with E-state index in [0.717, 1.165) is 25.7 Å². The fraction of sp³-hybridized carbons (Fsp3) is 0.267. The van der Waals surface area contributed by atoms with E-state index < -0.39 is 11.7 Å². The highest BCUT2D eigenvalue weighted by atomic mass is 19.1. The summed E-state index contributed by atoms with van der Waals surface area (Å²) in [5, 5.41) is 10.5. The first kappa shape index (κ1) is 26.7. The third-order valence-electron chi connectivity index (χ3n) is 6.04. The van der Waals surface area contributed by atoms with Crippen LogP contribution in [0.15, 0.2) is 83.3 Å². The first-order chi connectivity index (χ1) is 18.6. The van der Waals surface area contributed by atoms with Crippen LogP contribution in [0.25, 0.3) is 11.5 Å². The van der Waals surface area contributed by atoms with Gasteiger partial charge in [0.05, 0.1) is 6.54 Å². The van der Waals surface area contributed by atoms with Crippen LogP contribution in [0.4, 0.5) is 4.39 Å². The number of ether oxygens (including phenoxy) is 1. The fourth-order valence-electron chi connectivity index (χ4n) is 3.89. The number of hydrogen-bond donors (Lipinski definition) is 1. The number of Topliss-reactive ketones (excluding diaryl/α,β-unsaturated/α-hetero) is 1. The smallest absolute Gasteiger partial charge is 0.287 e. The summed E-state index contributed by atoms with van der Waals surface area (Å²) in [6.07, 6.45) is 4.92. The van der Waals surface area contributed by atoms with Gasteiger partial charge in [-0.1, -0.05) is 61.4 Å². The van der Waals surface area contributed by atoms with E-state index >= 15 is 0 Å². The van der Waals surface area contributed by atoms with E-state index in [0.29, 0.717) is 23.3 Å². The van der Waals surface area contributed by atoms with Crippen molar-refractivity contribution in [1.29, 1.82) is 0 Å². The van der Waals surface area contributed by atoms with Gasteiger partial charge in [0, 0.05) is 17.5 Å². The van der Waals surface area contributed by atoms with Gasteiger partial charge in [0.1, 0.15) is 18.2 Å². The zero-order valence-corrected chi connectivity index (χ0v) is 21.1. The van der Waals surface area contributed by atoms with Gasteiger partial charge in [-0.05, 0) is 55.2 Å². The van der Waals surface area contributed by atoms with Crippen molar-refractivity contribution in [2.75, 3.05) is 0 Å². The second-order valence-electron chi connectivity index (χ2n) is 8.91. The van der Waals surface area contributed by atoms with Crippen LogP contribution in [0.5, 0.6) is 5.75 Å². The van der Waals surface area contributed by atoms with Crippen LogP contribution in [0.3, 0.4) is 0 Å². The van der Waals surface area contributed by atoms with Gasteiger partial charge >= 0.3 is 0 Å². The molecular weight excluding hydrogens is 485 g/mol. The van der Waals surface area contributed by atoms with E-state index in [4.69, 9.17) is 9.15 Å². The number of aromatic nitrogens is 2. The van der Waals surface area contributed by atoms with Gasteiger partial charge in [-0.3, -0.25) is 9.59 Å². The normalized spacial score (nSPS) is 10.8. The molecule has 1 amide bonds. The molecule has 0 saturated carbocycles. The standard InChI is InChI=1S/C30H30FN3O4/c31-26-14-9-8-13-24(26)21-37-25-18-16-23(17-19-25)30-34-33-28(38-30)20-32-29(36)27(35)15-7-2-1-4-10-22-11-5-3-6-12-22/h3,5-6,8-9,11-14,16-19H,1-2,4,7,10,15,20-21H2,(H,32,36). The third kappa shape index (κ3) is 8.09.